The van der Waals surface area contributed by atoms with Crippen molar-refractivity contribution < 1.29 is 22.7 Å². The number of rotatable bonds is 10. The first kappa shape index (κ1) is 28.6. The molecule has 39 heavy (non-hydrogen) atoms. The van der Waals surface area contributed by atoms with Gasteiger partial charge >= 0.3 is 5.97 Å². The Morgan fingerprint density at radius 3 is 2.46 bits per heavy atom. The van der Waals surface area contributed by atoms with Gasteiger partial charge in [-0.2, -0.15) is 0 Å². The number of nitrogens with one attached hydrogen (secondary N) is 1. The number of hydrogen-bond donors (Lipinski definition) is 1. The summed E-state index contributed by atoms with van der Waals surface area (Å²) in [6.07, 6.45) is 0. The molecule has 1 aromatic heterocycles. The van der Waals surface area contributed by atoms with Crippen molar-refractivity contribution in [1.82, 2.24) is 10.2 Å². The van der Waals surface area contributed by atoms with Crippen LogP contribution in [0, 0.1) is 6.92 Å². The molecule has 4 rings (SSSR count). The third-order valence-corrected chi connectivity index (χ3v) is 9.44. The van der Waals surface area contributed by atoms with E-state index in [1.807, 2.05) is 6.92 Å². The highest BCUT2D eigenvalue weighted by Gasteiger charge is 2.26. The smallest absolute Gasteiger partial charge is 0.316 e. The first-order valence-corrected chi connectivity index (χ1v) is 15.1. The number of methoxy groups -OCH3 is 1. The van der Waals surface area contributed by atoms with E-state index in [9.17, 15) is 18.0 Å². The van der Waals surface area contributed by atoms with Gasteiger partial charge in [-0.3, -0.25) is 19.2 Å². The number of halogens is 1. The minimum atomic E-state index is -3.92. The van der Waals surface area contributed by atoms with Gasteiger partial charge in [-0.1, -0.05) is 71.1 Å². The Balaban J connectivity index is 1.52. The van der Waals surface area contributed by atoms with Crippen molar-refractivity contribution in [2.45, 2.75) is 22.7 Å². The number of ether oxygens (including phenoxy) is 1. The Hall–Kier alpha value is -3.45. The highest BCUT2D eigenvalue weighted by atomic mass is 35.5. The molecule has 13 heteroatoms. The standard InChI is InChI=1S/C26H23ClN4O5S3/c1-17-8-13-20(27)14-22(17)31(39(34,35)21-6-4-3-5-7-21)15-18-9-11-19(12-10-18)24(33)28-25-29-30-26(38-25)37-16-23(32)36-2/h3-14H,15-16H2,1-2H3,(H,28,29,33). The number of carbonyl (C=O) groups is 2. The van der Waals surface area contributed by atoms with Crippen molar-refractivity contribution in [3.63, 3.8) is 0 Å². The molecule has 0 saturated heterocycles. The summed E-state index contributed by atoms with van der Waals surface area (Å²) in [5.74, 6) is -0.699. The summed E-state index contributed by atoms with van der Waals surface area (Å²) in [5.41, 5.74) is 2.23. The van der Waals surface area contributed by atoms with E-state index in [1.165, 1.54) is 11.4 Å². The van der Waals surface area contributed by atoms with Gasteiger partial charge in [-0.15, -0.1) is 10.2 Å². The van der Waals surface area contributed by atoms with Crippen molar-refractivity contribution >= 4 is 67.4 Å². The molecular weight excluding hydrogens is 580 g/mol. The fraction of sp³-hybridized carbons (Fsp3) is 0.154. The van der Waals surface area contributed by atoms with Gasteiger partial charge in [-0.05, 0) is 54.4 Å². The van der Waals surface area contributed by atoms with E-state index in [4.69, 9.17) is 11.6 Å². The summed E-state index contributed by atoms with van der Waals surface area (Å²) in [6.45, 7) is 1.84. The molecule has 0 radical (unpaired) electrons. The van der Waals surface area contributed by atoms with Crippen LogP contribution in [0.1, 0.15) is 21.5 Å². The first-order valence-electron chi connectivity index (χ1n) is 11.4. The van der Waals surface area contributed by atoms with Gasteiger partial charge in [0.25, 0.3) is 15.9 Å². The van der Waals surface area contributed by atoms with Gasteiger partial charge in [0.15, 0.2) is 4.34 Å². The maximum atomic E-state index is 13.7. The van der Waals surface area contributed by atoms with Crippen molar-refractivity contribution in [3.05, 3.63) is 94.5 Å². The quantitative estimate of drug-likeness (QED) is 0.145. The third-order valence-electron chi connectivity index (χ3n) is 5.48. The zero-order chi connectivity index (χ0) is 28.0. The predicted molar refractivity (Wildman–Crippen MR) is 153 cm³/mol. The second-order valence-corrected chi connectivity index (χ2v) is 12.6. The van der Waals surface area contributed by atoms with Gasteiger partial charge in [0.05, 0.1) is 30.0 Å². The highest BCUT2D eigenvalue weighted by Crippen LogP contribution is 2.31. The van der Waals surface area contributed by atoms with E-state index < -0.39 is 15.9 Å². The first-order chi connectivity index (χ1) is 18.7. The monoisotopic (exact) mass is 602 g/mol. The van der Waals surface area contributed by atoms with Gasteiger partial charge in [0.2, 0.25) is 5.13 Å². The van der Waals surface area contributed by atoms with Crippen LogP contribution in [0.25, 0.3) is 0 Å². The molecule has 1 amide bonds. The Bertz CT molecular complexity index is 1580. The summed E-state index contributed by atoms with van der Waals surface area (Å²) in [4.78, 5) is 24.2. The molecule has 0 atom stereocenters. The van der Waals surface area contributed by atoms with Crippen molar-refractivity contribution in [1.29, 1.82) is 0 Å². The molecule has 0 saturated carbocycles. The average Bonchev–Trinajstić information content (AvgIpc) is 3.39. The topological polar surface area (TPSA) is 119 Å². The molecular formula is C26H23ClN4O5S3. The highest BCUT2D eigenvalue weighted by molar-refractivity contribution is 8.01. The summed E-state index contributed by atoms with van der Waals surface area (Å²) < 4.78 is 33.7. The minimum Gasteiger partial charge on any atom is -0.468 e. The van der Waals surface area contributed by atoms with Crippen LogP contribution in [0.5, 0.6) is 0 Å². The molecule has 0 aliphatic heterocycles. The number of thioether (sulfide) groups is 1. The Morgan fingerprint density at radius 2 is 1.77 bits per heavy atom. The van der Waals surface area contributed by atoms with E-state index in [2.05, 4.69) is 20.3 Å². The Morgan fingerprint density at radius 1 is 1.05 bits per heavy atom. The number of esters is 1. The van der Waals surface area contributed by atoms with Crippen LogP contribution in [0.15, 0.2) is 82.0 Å². The second kappa shape index (κ2) is 12.6. The molecule has 0 spiro atoms. The number of carbonyl (C=O) groups excluding carboxylic acids is 2. The van der Waals surface area contributed by atoms with E-state index in [-0.39, 0.29) is 28.3 Å². The number of hydrogen-bond acceptors (Lipinski definition) is 9. The van der Waals surface area contributed by atoms with Gasteiger partial charge in [0.1, 0.15) is 0 Å². The van der Waals surface area contributed by atoms with Gasteiger partial charge in [-0.25, -0.2) is 8.42 Å². The molecule has 9 nitrogen and oxygen atoms in total. The van der Waals surface area contributed by atoms with E-state index in [0.717, 1.165) is 28.7 Å². The number of sulfonamides is 1. The fourth-order valence-electron chi connectivity index (χ4n) is 3.47. The molecule has 0 unspecified atom stereocenters. The number of anilines is 2. The van der Waals surface area contributed by atoms with E-state index in [1.54, 1.807) is 72.8 Å². The van der Waals surface area contributed by atoms with Crippen molar-refractivity contribution in [2.75, 3.05) is 22.5 Å². The number of nitrogens with zero attached hydrogens (tertiary/aromatic N) is 3. The zero-order valence-corrected chi connectivity index (χ0v) is 24.0. The molecule has 0 aliphatic rings. The van der Waals surface area contributed by atoms with Crippen LogP contribution in [0.2, 0.25) is 5.02 Å². The Labute approximate surface area is 239 Å². The lowest BCUT2D eigenvalue weighted by atomic mass is 10.1. The number of aromatic nitrogens is 2. The predicted octanol–water partition coefficient (Wildman–Crippen LogP) is 5.41. The summed E-state index contributed by atoms with van der Waals surface area (Å²) in [6, 6.07) is 19.9. The zero-order valence-electron chi connectivity index (χ0n) is 20.8. The van der Waals surface area contributed by atoms with Crippen LogP contribution < -0.4 is 9.62 Å². The second-order valence-electron chi connectivity index (χ2n) is 8.14. The molecule has 202 valence electrons. The molecule has 0 fully saturated rings. The summed E-state index contributed by atoms with van der Waals surface area (Å²) in [5, 5.41) is 11.3. The van der Waals surface area contributed by atoms with Gasteiger partial charge < -0.3 is 4.74 Å². The molecule has 0 bridgehead atoms. The van der Waals surface area contributed by atoms with Crippen LogP contribution >= 0.6 is 34.7 Å². The maximum Gasteiger partial charge on any atom is 0.316 e. The van der Waals surface area contributed by atoms with Crippen LogP contribution in [0.3, 0.4) is 0 Å². The molecule has 3 aromatic carbocycles. The van der Waals surface area contributed by atoms with E-state index >= 15 is 0 Å². The van der Waals surface area contributed by atoms with Crippen LogP contribution in [-0.2, 0) is 26.1 Å². The molecule has 4 aromatic rings. The normalized spacial score (nSPS) is 11.2. The maximum absolute atomic E-state index is 13.7. The summed E-state index contributed by atoms with van der Waals surface area (Å²) in [7, 11) is -2.61. The molecule has 1 N–H and O–H groups in total. The summed E-state index contributed by atoms with van der Waals surface area (Å²) >= 11 is 8.52. The number of aryl methyl sites for hydroxylation is 1. The SMILES string of the molecule is COC(=O)CSc1nnc(NC(=O)c2ccc(CN(c3cc(Cl)ccc3C)S(=O)(=O)c3ccccc3)cc2)s1. The largest absolute Gasteiger partial charge is 0.468 e. The number of amides is 1. The third kappa shape index (κ3) is 7.15. The van der Waals surface area contributed by atoms with Crippen LogP contribution in [0.4, 0.5) is 10.8 Å². The minimum absolute atomic E-state index is 0.0253. The fourth-order valence-corrected chi connectivity index (χ4v) is 6.74. The molecule has 0 aliphatic carbocycles. The van der Waals surface area contributed by atoms with Gasteiger partial charge in [0, 0.05) is 10.6 Å². The van der Waals surface area contributed by atoms with Crippen molar-refractivity contribution in [3.8, 4) is 0 Å². The van der Waals surface area contributed by atoms with E-state index in [0.29, 0.717) is 26.2 Å². The number of benzene rings is 3. The lowest BCUT2D eigenvalue weighted by Gasteiger charge is -2.26. The molecule has 1 heterocycles. The van der Waals surface area contributed by atoms with Crippen molar-refractivity contribution in [2.24, 2.45) is 0 Å². The Kier molecular flexibility index (Phi) is 9.23. The average molecular weight is 603 g/mol. The lowest BCUT2D eigenvalue weighted by molar-refractivity contribution is -0.137. The lowest BCUT2D eigenvalue weighted by Crippen LogP contribution is -2.31. The van der Waals surface area contributed by atoms with Crippen LogP contribution in [-0.4, -0.2) is 43.4 Å².